The molecular formula is C11H12FNO4S. The van der Waals surface area contributed by atoms with Gasteiger partial charge in [0.2, 0.25) is 0 Å². The van der Waals surface area contributed by atoms with E-state index in [-0.39, 0.29) is 30.3 Å². The van der Waals surface area contributed by atoms with Crippen molar-refractivity contribution in [3.05, 3.63) is 29.6 Å². The van der Waals surface area contributed by atoms with Crippen molar-refractivity contribution in [2.45, 2.75) is 0 Å². The molecule has 0 radical (unpaired) electrons. The SMILES string of the molecule is O=C(O)c1c(F)cccc1N1CCS(=O)(=O)CC1. The molecule has 1 aromatic carbocycles. The standard InChI is InChI=1S/C11H12FNO4S/c12-8-2-1-3-9(10(8)11(14)15)13-4-6-18(16,17)7-5-13/h1-3H,4-7H2,(H,14,15). The van der Waals surface area contributed by atoms with E-state index in [4.69, 9.17) is 5.11 Å². The summed E-state index contributed by atoms with van der Waals surface area (Å²) in [4.78, 5) is 12.6. The van der Waals surface area contributed by atoms with Crippen molar-refractivity contribution in [1.82, 2.24) is 0 Å². The summed E-state index contributed by atoms with van der Waals surface area (Å²) < 4.78 is 36.1. The van der Waals surface area contributed by atoms with Gasteiger partial charge in [0.1, 0.15) is 11.4 Å². The molecule has 2 rings (SSSR count). The van der Waals surface area contributed by atoms with Gasteiger partial charge in [-0.25, -0.2) is 17.6 Å². The number of carbonyl (C=O) groups is 1. The third kappa shape index (κ3) is 2.45. The van der Waals surface area contributed by atoms with E-state index in [1.165, 1.54) is 12.1 Å². The van der Waals surface area contributed by atoms with Crippen LogP contribution in [0.1, 0.15) is 10.4 Å². The number of hydrogen-bond acceptors (Lipinski definition) is 4. The molecule has 7 heteroatoms. The first-order chi connectivity index (χ1) is 8.41. The van der Waals surface area contributed by atoms with E-state index in [2.05, 4.69) is 0 Å². The Morgan fingerprint density at radius 3 is 2.44 bits per heavy atom. The van der Waals surface area contributed by atoms with Crippen LogP contribution in [-0.2, 0) is 9.84 Å². The molecule has 0 spiro atoms. The molecule has 0 aromatic heterocycles. The third-order valence-corrected chi connectivity index (χ3v) is 4.50. The predicted octanol–water partition coefficient (Wildman–Crippen LogP) is 0.759. The van der Waals surface area contributed by atoms with Gasteiger partial charge >= 0.3 is 5.97 Å². The maximum atomic E-state index is 13.5. The molecule has 1 fully saturated rings. The summed E-state index contributed by atoms with van der Waals surface area (Å²) in [6.45, 7) is 0.373. The van der Waals surface area contributed by atoms with Gasteiger partial charge in [0, 0.05) is 13.1 Å². The first-order valence-electron chi connectivity index (χ1n) is 5.38. The average Bonchev–Trinajstić information content (AvgIpc) is 2.28. The molecule has 1 aliphatic rings. The van der Waals surface area contributed by atoms with Crippen LogP contribution in [0, 0.1) is 5.82 Å². The average molecular weight is 273 g/mol. The molecule has 18 heavy (non-hydrogen) atoms. The Hall–Kier alpha value is -1.63. The van der Waals surface area contributed by atoms with Crippen LogP contribution in [0.4, 0.5) is 10.1 Å². The summed E-state index contributed by atoms with van der Waals surface area (Å²) in [5.74, 6) is -2.24. The molecule has 98 valence electrons. The summed E-state index contributed by atoms with van der Waals surface area (Å²) in [7, 11) is -3.05. The molecular weight excluding hydrogens is 261 g/mol. The van der Waals surface area contributed by atoms with E-state index >= 15 is 0 Å². The molecule has 1 aliphatic heterocycles. The molecule has 0 aliphatic carbocycles. The van der Waals surface area contributed by atoms with Crippen molar-refractivity contribution in [3.8, 4) is 0 Å². The van der Waals surface area contributed by atoms with Gasteiger partial charge < -0.3 is 10.0 Å². The van der Waals surface area contributed by atoms with Crippen LogP contribution >= 0.6 is 0 Å². The largest absolute Gasteiger partial charge is 0.478 e. The Bertz CT molecular complexity index is 571. The van der Waals surface area contributed by atoms with Gasteiger partial charge in [0.15, 0.2) is 9.84 Å². The van der Waals surface area contributed by atoms with E-state index in [1.807, 2.05) is 0 Å². The lowest BCUT2D eigenvalue weighted by Gasteiger charge is -2.29. The van der Waals surface area contributed by atoms with Crippen LogP contribution in [0.5, 0.6) is 0 Å². The molecule has 0 saturated carbocycles. The molecule has 0 bridgehead atoms. The fourth-order valence-electron chi connectivity index (χ4n) is 1.94. The van der Waals surface area contributed by atoms with Crippen molar-refractivity contribution < 1.29 is 22.7 Å². The van der Waals surface area contributed by atoms with E-state index in [9.17, 15) is 17.6 Å². The van der Waals surface area contributed by atoms with Gasteiger partial charge in [-0.15, -0.1) is 0 Å². The lowest BCUT2D eigenvalue weighted by atomic mass is 10.1. The maximum absolute atomic E-state index is 13.5. The zero-order chi connectivity index (χ0) is 13.3. The van der Waals surface area contributed by atoms with Gasteiger partial charge in [0.05, 0.1) is 17.2 Å². The van der Waals surface area contributed by atoms with Gasteiger partial charge in [-0.3, -0.25) is 0 Å². The van der Waals surface area contributed by atoms with E-state index in [0.717, 1.165) is 6.07 Å². The lowest BCUT2D eigenvalue weighted by Crippen LogP contribution is -2.41. The molecule has 1 saturated heterocycles. The number of nitrogens with zero attached hydrogens (tertiary/aromatic N) is 1. The highest BCUT2D eigenvalue weighted by atomic mass is 32.2. The van der Waals surface area contributed by atoms with Crippen LogP contribution in [0.15, 0.2) is 18.2 Å². The summed E-state index contributed by atoms with van der Waals surface area (Å²) >= 11 is 0. The minimum absolute atomic E-state index is 0.0391. The molecule has 0 atom stereocenters. The van der Waals surface area contributed by atoms with Crippen LogP contribution in [0.25, 0.3) is 0 Å². The zero-order valence-electron chi connectivity index (χ0n) is 9.47. The molecule has 1 aromatic rings. The number of anilines is 1. The van der Waals surface area contributed by atoms with Crippen molar-refractivity contribution in [2.75, 3.05) is 29.5 Å². The summed E-state index contributed by atoms with van der Waals surface area (Å²) in [6.07, 6.45) is 0. The van der Waals surface area contributed by atoms with E-state index in [0.29, 0.717) is 0 Å². The van der Waals surface area contributed by atoms with Crippen LogP contribution in [0.2, 0.25) is 0 Å². The molecule has 0 unspecified atom stereocenters. The number of halogens is 1. The van der Waals surface area contributed by atoms with Gasteiger partial charge in [-0.05, 0) is 12.1 Å². The number of hydrogen-bond donors (Lipinski definition) is 1. The summed E-state index contributed by atoms with van der Waals surface area (Å²) in [6, 6.07) is 3.98. The normalized spacial score (nSPS) is 18.6. The smallest absolute Gasteiger partial charge is 0.340 e. The van der Waals surface area contributed by atoms with Crippen LogP contribution < -0.4 is 4.90 Å². The predicted molar refractivity (Wildman–Crippen MR) is 64.2 cm³/mol. The molecule has 1 heterocycles. The van der Waals surface area contributed by atoms with E-state index in [1.54, 1.807) is 4.90 Å². The Labute approximate surface area is 104 Å². The van der Waals surface area contributed by atoms with Gasteiger partial charge in [-0.2, -0.15) is 0 Å². The first kappa shape index (κ1) is 12.8. The lowest BCUT2D eigenvalue weighted by molar-refractivity contribution is 0.0692. The molecule has 0 amide bonds. The van der Waals surface area contributed by atoms with Crippen molar-refractivity contribution in [2.24, 2.45) is 0 Å². The first-order valence-corrected chi connectivity index (χ1v) is 7.20. The third-order valence-electron chi connectivity index (χ3n) is 2.89. The van der Waals surface area contributed by atoms with E-state index < -0.39 is 27.2 Å². The zero-order valence-corrected chi connectivity index (χ0v) is 10.3. The van der Waals surface area contributed by atoms with Crippen molar-refractivity contribution in [1.29, 1.82) is 0 Å². The number of rotatable bonds is 2. The summed E-state index contributed by atoms with van der Waals surface area (Å²) in [5.41, 5.74) is -0.172. The number of sulfone groups is 1. The number of carboxylic acid groups (broad SMARTS) is 1. The highest BCUT2D eigenvalue weighted by molar-refractivity contribution is 7.91. The van der Waals surface area contributed by atoms with Crippen molar-refractivity contribution >= 4 is 21.5 Å². The Morgan fingerprint density at radius 2 is 1.89 bits per heavy atom. The quantitative estimate of drug-likeness (QED) is 0.861. The number of benzene rings is 1. The fraction of sp³-hybridized carbons (Fsp3) is 0.364. The van der Waals surface area contributed by atoms with Crippen molar-refractivity contribution in [3.63, 3.8) is 0 Å². The Morgan fingerprint density at radius 1 is 1.28 bits per heavy atom. The monoisotopic (exact) mass is 273 g/mol. The van der Waals surface area contributed by atoms with Crippen LogP contribution in [-0.4, -0.2) is 44.1 Å². The number of aromatic carboxylic acids is 1. The molecule has 5 nitrogen and oxygen atoms in total. The number of carboxylic acids is 1. The van der Waals surface area contributed by atoms with Crippen LogP contribution in [0.3, 0.4) is 0 Å². The highest BCUT2D eigenvalue weighted by Crippen LogP contribution is 2.24. The second-order valence-electron chi connectivity index (χ2n) is 4.08. The summed E-state index contributed by atoms with van der Waals surface area (Å²) in [5, 5.41) is 8.99. The topological polar surface area (TPSA) is 74.7 Å². The second kappa shape index (κ2) is 4.56. The fourth-order valence-corrected chi connectivity index (χ4v) is 3.14. The highest BCUT2D eigenvalue weighted by Gasteiger charge is 2.26. The van der Waals surface area contributed by atoms with Gasteiger partial charge in [0.25, 0.3) is 0 Å². The minimum atomic E-state index is -3.05. The maximum Gasteiger partial charge on any atom is 0.340 e. The van der Waals surface area contributed by atoms with Gasteiger partial charge in [-0.1, -0.05) is 6.07 Å². The second-order valence-corrected chi connectivity index (χ2v) is 6.38. The minimum Gasteiger partial charge on any atom is -0.478 e. The molecule has 1 N–H and O–H groups in total. The Balaban J connectivity index is 2.35. The Kier molecular flexibility index (Phi) is 3.25.